The molecule has 0 aromatic heterocycles. The van der Waals surface area contributed by atoms with Crippen molar-refractivity contribution in [1.82, 2.24) is 0 Å². The average Bonchev–Trinajstić information content (AvgIpc) is 2.52. The Morgan fingerprint density at radius 3 is 1.05 bits per heavy atom. The summed E-state index contributed by atoms with van der Waals surface area (Å²) in [7, 11) is 3.50. The summed E-state index contributed by atoms with van der Waals surface area (Å²) >= 11 is 1.15. The summed E-state index contributed by atoms with van der Waals surface area (Å²) in [6, 6.07) is 0. The summed E-state index contributed by atoms with van der Waals surface area (Å²) in [4.78, 5) is 0. The van der Waals surface area contributed by atoms with E-state index in [4.69, 9.17) is 0 Å². The van der Waals surface area contributed by atoms with Crippen molar-refractivity contribution in [3.63, 3.8) is 0 Å². The molecule has 2 nitrogen and oxygen atoms in total. The molecule has 2 fully saturated rings. The van der Waals surface area contributed by atoms with Crippen LogP contribution in [0.2, 0.25) is 0 Å². The van der Waals surface area contributed by atoms with Gasteiger partial charge in [0, 0.05) is 0 Å². The van der Waals surface area contributed by atoms with E-state index in [2.05, 4.69) is 42.3 Å². The van der Waals surface area contributed by atoms with Crippen molar-refractivity contribution in [2.24, 2.45) is 3.34 Å². The van der Waals surface area contributed by atoms with E-state index in [0.29, 0.717) is 0 Å². The molecule has 0 atom stereocenters. The van der Waals surface area contributed by atoms with Crippen LogP contribution < -0.4 is 0 Å². The van der Waals surface area contributed by atoms with Crippen molar-refractivity contribution in [3.05, 3.63) is 18.2 Å². The monoisotopic (exact) mass is 462 g/mol. The predicted molar refractivity (Wildman–Crippen MR) is 92.2 cm³/mol. The second kappa shape index (κ2) is 18.5. The molecule has 21 heavy (non-hydrogen) atoms. The molecule has 0 bridgehead atoms. The van der Waals surface area contributed by atoms with Crippen LogP contribution in [-0.4, -0.2) is 19.6 Å². The van der Waals surface area contributed by atoms with Crippen molar-refractivity contribution < 1.29 is 20.9 Å². The first-order valence-electron chi connectivity index (χ1n) is 8.45. The third kappa shape index (κ3) is 29.2. The smallest absolute Gasteiger partial charge is 0.0582 e. The first-order valence-corrected chi connectivity index (χ1v) is 9.89. The van der Waals surface area contributed by atoms with Crippen LogP contribution >= 0.6 is 0 Å². The number of hydrogen-bond acceptors (Lipinski definition) is 1. The van der Waals surface area contributed by atoms with E-state index in [1.165, 1.54) is 64.2 Å². The molecule has 3 heteroatoms. The summed E-state index contributed by atoms with van der Waals surface area (Å²) in [6.45, 7) is 6.31. The van der Waals surface area contributed by atoms with Crippen LogP contribution in [0.25, 0.3) is 5.32 Å². The maximum Gasteiger partial charge on any atom is -0.0582 e. The molecule has 0 radical (unpaired) electrons. The first-order chi connectivity index (χ1) is 9.97. The summed E-state index contributed by atoms with van der Waals surface area (Å²) in [5.41, 5.74) is 0.216. The van der Waals surface area contributed by atoms with E-state index in [1.54, 1.807) is 14.1 Å². The SMILES string of the molecule is CC(C)(C)[N]=[Ta].C[N-]C.[CH-]1CCCCC1.[CH-]1CCCCC1. The van der Waals surface area contributed by atoms with Gasteiger partial charge in [-0.3, -0.25) is 0 Å². The molecule has 0 spiro atoms. The fourth-order valence-corrected chi connectivity index (χ4v) is 1.80. The van der Waals surface area contributed by atoms with Gasteiger partial charge < -0.3 is 18.2 Å². The molecule has 0 heterocycles. The van der Waals surface area contributed by atoms with Gasteiger partial charge in [-0.2, -0.15) is 39.8 Å². The molecular formula is C18H37N2Ta-3. The van der Waals surface area contributed by atoms with E-state index in [-0.39, 0.29) is 5.54 Å². The van der Waals surface area contributed by atoms with Crippen LogP contribution in [0.5, 0.6) is 0 Å². The average molecular weight is 462 g/mol. The zero-order valence-electron chi connectivity index (χ0n) is 15.1. The minimum absolute atomic E-state index is 0.216. The van der Waals surface area contributed by atoms with Gasteiger partial charge in [0.2, 0.25) is 0 Å². The number of nitrogens with zero attached hydrogens (tertiary/aromatic N) is 2. The third-order valence-corrected chi connectivity index (χ3v) is 5.09. The molecule has 2 saturated carbocycles. The van der Waals surface area contributed by atoms with Crippen LogP contribution in [0.1, 0.15) is 85.0 Å². The Kier molecular flexibility index (Phi) is 21.0. The molecule has 0 aliphatic heterocycles. The Morgan fingerprint density at radius 1 is 0.762 bits per heavy atom. The second-order valence-corrected chi connectivity index (χ2v) is 7.29. The van der Waals surface area contributed by atoms with Crippen molar-refractivity contribution in [2.75, 3.05) is 14.1 Å². The van der Waals surface area contributed by atoms with E-state index in [1.807, 2.05) is 0 Å². The Hall–Kier alpha value is 0.500. The third-order valence-electron chi connectivity index (χ3n) is 2.93. The fourth-order valence-electron chi connectivity index (χ4n) is 1.80. The molecule has 127 valence electrons. The summed E-state index contributed by atoms with van der Waals surface area (Å²) in [5.74, 6) is 0. The molecule has 0 N–H and O–H groups in total. The zero-order valence-corrected chi connectivity index (χ0v) is 18.3. The summed E-state index contributed by atoms with van der Waals surface area (Å²) in [6.07, 6.45) is 19.0. The maximum atomic E-state index is 4.13. The van der Waals surface area contributed by atoms with E-state index < -0.39 is 0 Å². The van der Waals surface area contributed by atoms with Gasteiger partial charge >= 0.3 is 50.5 Å². The summed E-state index contributed by atoms with van der Waals surface area (Å²) in [5, 5.41) is 3.50. The predicted octanol–water partition coefficient (Wildman–Crippen LogP) is 6.44. The van der Waals surface area contributed by atoms with Gasteiger partial charge in [0.1, 0.15) is 0 Å². The Morgan fingerprint density at radius 2 is 1.00 bits per heavy atom. The molecule has 2 rings (SSSR count). The Bertz CT molecular complexity index is 157. The van der Waals surface area contributed by atoms with Crippen molar-refractivity contribution in [1.29, 1.82) is 0 Å². The Balaban J connectivity index is 0. The fraction of sp³-hybridized carbons (Fsp3) is 0.889. The normalized spacial score (nSPS) is 17.7. The van der Waals surface area contributed by atoms with Gasteiger partial charge in [0.25, 0.3) is 0 Å². The molecule has 2 aliphatic carbocycles. The van der Waals surface area contributed by atoms with Gasteiger partial charge in [0.15, 0.2) is 0 Å². The topological polar surface area (TPSA) is 26.5 Å². The molecule has 0 aromatic rings. The van der Waals surface area contributed by atoms with Crippen LogP contribution in [0.15, 0.2) is 3.34 Å². The number of hydrogen-bond donors (Lipinski definition) is 0. The summed E-state index contributed by atoms with van der Waals surface area (Å²) < 4.78 is 4.13. The van der Waals surface area contributed by atoms with E-state index in [9.17, 15) is 0 Å². The maximum absolute atomic E-state index is 4.13. The van der Waals surface area contributed by atoms with Crippen molar-refractivity contribution >= 4 is 0 Å². The molecule has 0 saturated heterocycles. The van der Waals surface area contributed by atoms with Gasteiger partial charge in [-0.05, 0) is 0 Å². The van der Waals surface area contributed by atoms with Gasteiger partial charge in [0.05, 0.1) is 0 Å². The minimum Gasteiger partial charge on any atom is -0.668 e. The van der Waals surface area contributed by atoms with E-state index in [0.717, 1.165) is 20.9 Å². The molecular weight excluding hydrogens is 425 g/mol. The van der Waals surface area contributed by atoms with Gasteiger partial charge in [-0.15, -0.1) is 0 Å². The number of rotatable bonds is 0. The van der Waals surface area contributed by atoms with Gasteiger partial charge in [-0.25, -0.2) is 0 Å². The Labute approximate surface area is 147 Å². The molecule has 0 unspecified atom stereocenters. The largest absolute Gasteiger partial charge is 0.668 e. The second-order valence-electron chi connectivity index (χ2n) is 6.57. The van der Waals surface area contributed by atoms with E-state index >= 15 is 0 Å². The van der Waals surface area contributed by atoms with Crippen LogP contribution in [0.3, 0.4) is 0 Å². The molecule has 0 aromatic carbocycles. The first kappa shape index (κ1) is 23.8. The minimum atomic E-state index is 0.216. The molecule has 0 amide bonds. The standard InChI is InChI=1S/2C6H11.C4H9N.C2H6N.Ta/c2*1-2-4-6-5-3-1;1-4(2,3)5;1-3-2;/h2*1H,2-6H2;1-3H3;1-2H3;/q2*-1;;-1;. The molecule has 2 aliphatic rings. The van der Waals surface area contributed by atoms with Crippen molar-refractivity contribution in [3.8, 4) is 0 Å². The van der Waals surface area contributed by atoms with Gasteiger partial charge in [-0.1, -0.05) is 38.5 Å². The van der Waals surface area contributed by atoms with Crippen molar-refractivity contribution in [2.45, 2.75) is 90.5 Å². The zero-order chi connectivity index (χ0) is 16.4. The quantitative estimate of drug-likeness (QED) is 0.370. The van der Waals surface area contributed by atoms with Crippen LogP contribution in [-0.2, 0) is 20.9 Å². The van der Waals surface area contributed by atoms with Crippen LogP contribution in [0.4, 0.5) is 0 Å². The van der Waals surface area contributed by atoms with Crippen LogP contribution in [0, 0.1) is 12.8 Å².